The molecule has 1 atom stereocenters. The van der Waals surface area contributed by atoms with Crippen LogP contribution in [0.3, 0.4) is 0 Å². The lowest BCUT2D eigenvalue weighted by atomic mass is 9.96. The smallest absolute Gasteiger partial charge is 0.221 e. The molecule has 0 bridgehead atoms. The molecule has 19 heavy (non-hydrogen) atoms. The van der Waals surface area contributed by atoms with Crippen LogP contribution in [0.4, 0.5) is 0 Å². The minimum absolute atomic E-state index is 0.323. The molecule has 0 saturated carbocycles. The molecular weight excluding hydrogens is 240 g/mol. The van der Waals surface area contributed by atoms with Gasteiger partial charge in [-0.25, -0.2) is 9.97 Å². The highest BCUT2D eigenvalue weighted by molar-refractivity contribution is 5.35. The van der Waals surface area contributed by atoms with Crippen molar-refractivity contribution in [2.75, 3.05) is 33.8 Å². The Balaban J connectivity index is 2.45. The summed E-state index contributed by atoms with van der Waals surface area (Å²) >= 11 is 0. The number of likely N-dealkylation sites (N-methyl/N-ethyl adjacent to an activating group) is 1. The largest absolute Gasteiger partial charge is 0.481 e. The second-order valence-corrected chi connectivity index (χ2v) is 5.37. The van der Waals surface area contributed by atoms with Gasteiger partial charge in [-0.05, 0) is 25.9 Å². The third-order valence-corrected chi connectivity index (χ3v) is 3.72. The highest BCUT2D eigenvalue weighted by atomic mass is 16.5. The SMILES string of the molecule is COc1ncnc(C(C)C)c1C1CCNCCN1C. The third kappa shape index (κ3) is 3.04. The minimum Gasteiger partial charge on any atom is -0.481 e. The van der Waals surface area contributed by atoms with E-state index in [0.717, 1.165) is 43.2 Å². The molecule has 1 aromatic heterocycles. The summed E-state index contributed by atoms with van der Waals surface area (Å²) < 4.78 is 5.48. The van der Waals surface area contributed by atoms with E-state index in [0.29, 0.717) is 12.0 Å². The number of aromatic nitrogens is 2. The van der Waals surface area contributed by atoms with Crippen LogP contribution in [0.15, 0.2) is 6.33 Å². The predicted molar refractivity (Wildman–Crippen MR) is 75.5 cm³/mol. The average molecular weight is 264 g/mol. The number of hydrogen-bond donors (Lipinski definition) is 1. The monoisotopic (exact) mass is 264 g/mol. The Morgan fingerprint density at radius 2 is 2.16 bits per heavy atom. The van der Waals surface area contributed by atoms with Gasteiger partial charge in [0.1, 0.15) is 6.33 Å². The zero-order chi connectivity index (χ0) is 13.8. The third-order valence-electron chi connectivity index (χ3n) is 3.72. The van der Waals surface area contributed by atoms with Crippen molar-refractivity contribution in [1.29, 1.82) is 0 Å². The maximum Gasteiger partial charge on any atom is 0.221 e. The fourth-order valence-electron chi connectivity index (χ4n) is 2.69. The van der Waals surface area contributed by atoms with Crippen molar-refractivity contribution in [3.05, 3.63) is 17.6 Å². The predicted octanol–water partition coefficient (Wildman–Crippen LogP) is 1.57. The highest BCUT2D eigenvalue weighted by Crippen LogP contribution is 2.34. The molecule has 1 aliphatic rings. The number of nitrogens with zero attached hydrogens (tertiary/aromatic N) is 3. The molecule has 1 unspecified atom stereocenters. The van der Waals surface area contributed by atoms with Gasteiger partial charge in [-0.1, -0.05) is 13.8 Å². The molecule has 2 rings (SSSR count). The van der Waals surface area contributed by atoms with Crippen LogP contribution in [0.2, 0.25) is 0 Å². The van der Waals surface area contributed by atoms with E-state index in [9.17, 15) is 0 Å². The lowest BCUT2D eigenvalue weighted by molar-refractivity contribution is 0.246. The summed E-state index contributed by atoms with van der Waals surface area (Å²) in [5.74, 6) is 1.09. The lowest BCUT2D eigenvalue weighted by Gasteiger charge is -2.28. The molecule has 1 fully saturated rings. The van der Waals surface area contributed by atoms with Crippen molar-refractivity contribution < 1.29 is 4.74 Å². The Labute approximate surface area is 115 Å². The Bertz CT molecular complexity index is 422. The number of ether oxygens (including phenoxy) is 1. The van der Waals surface area contributed by atoms with Gasteiger partial charge in [0.15, 0.2) is 0 Å². The van der Waals surface area contributed by atoms with Gasteiger partial charge < -0.3 is 10.1 Å². The molecule has 0 aliphatic carbocycles. The van der Waals surface area contributed by atoms with Crippen LogP contribution in [0.1, 0.15) is 43.5 Å². The van der Waals surface area contributed by atoms with Crippen LogP contribution in [0.25, 0.3) is 0 Å². The van der Waals surface area contributed by atoms with Gasteiger partial charge in [0.2, 0.25) is 5.88 Å². The summed E-state index contributed by atoms with van der Waals surface area (Å²) in [5.41, 5.74) is 2.26. The van der Waals surface area contributed by atoms with Crippen LogP contribution < -0.4 is 10.1 Å². The second-order valence-electron chi connectivity index (χ2n) is 5.37. The van der Waals surface area contributed by atoms with Crippen molar-refractivity contribution in [3.8, 4) is 5.88 Å². The number of nitrogens with one attached hydrogen (secondary N) is 1. The van der Waals surface area contributed by atoms with Crippen LogP contribution in [0.5, 0.6) is 5.88 Å². The van der Waals surface area contributed by atoms with Gasteiger partial charge in [-0.3, -0.25) is 4.90 Å². The van der Waals surface area contributed by atoms with E-state index in [2.05, 4.69) is 41.1 Å². The van der Waals surface area contributed by atoms with Gasteiger partial charge in [0.25, 0.3) is 0 Å². The maximum absolute atomic E-state index is 5.48. The molecule has 0 amide bonds. The zero-order valence-electron chi connectivity index (χ0n) is 12.3. The highest BCUT2D eigenvalue weighted by Gasteiger charge is 2.27. The molecule has 1 aromatic rings. The second kappa shape index (κ2) is 6.30. The molecule has 1 N–H and O–H groups in total. The summed E-state index contributed by atoms with van der Waals surface area (Å²) in [5, 5.41) is 3.44. The molecule has 106 valence electrons. The summed E-state index contributed by atoms with van der Waals surface area (Å²) in [6, 6.07) is 0.323. The topological polar surface area (TPSA) is 50.3 Å². The standard InChI is InChI=1S/C14H24N4O/c1-10(2)13-12(14(19-4)17-9-16-13)11-5-6-15-7-8-18(11)3/h9-11,15H,5-8H2,1-4H3. The first-order chi connectivity index (χ1) is 9.15. The van der Waals surface area contributed by atoms with E-state index in [-0.39, 0.29) is 0 Å². The molecule has 0 aromatic carbocycles. The van der Waals surface area contributed by atoms with Gasteiger partial charge in [-0.2, -0.15) is 0 Å². The fraction of sp³-hybridized carbons (Fsp3) is 0.714. The molecule has 5 heteroatoms. The number of hydrogen-bond acceptors (Lipinski definition) is 5. The lowest BCUT2D eigenvalue weighted by Crippen LogP contribution is -2.28. The summed E-state index contributed by atoms with van der Waals surface area (Å²) in [7, 11) is 3.85. The minimum atomic E-state index is 0.323. The van der Waals surface area contributed by atoms with Crippen molar-refractivity contribution in [1.82, 2.24) is 20.2 Å². The van der Waals surface area contributed by atoms with Gasteiger partial charge in [-0.15, -0.1) is 0 Å². The Morgan fingerprint density at radius 1 is 1.37 bits per heavy atom. The normalized spacial score (nSPS) is 21.4. The van der Waals surface area contributed by atoms with E-state index < -0.39 is 0 Å². The van der Waals surface area contributed by atoms with Crippen LogP contribution in [-0.2, 0) is 0 Å². The molecule has 0 radical (unpaired) electrons. The first-order valence-corrected chi connectivity index (χ1v) is 6.95. The summed E-state index contributed by atoms with van der Waals surface area (Å²) in [6.45, 7) is 7.41. The molecule has 5 nitrogen and oxygen atoms in total. The van der Waals surface area contributed by atoms with E-state index >= 15 is 0 Å². The van der Waals surface area contributed by atoms with E-state index in [1.165, 1.54) is 0 Å². The molecule has 2 heterocycles. The first kappa shape index (κ1) is 14.2. The first-order valence-electron chi connectivity index (χ1n) is 6.95. The van der Waals surface area contributed by atoms with Crippen LogP contribution >= 0.6 is 0 Å². The average Bonchev–Trinajstić information content (AvgIpc) is 2.62. The van der Waals surface area contributed by atoms with Crippen molar-refractivity contribution >= 4 is 0 Å². The number of rotatable bonds is 3. The van der Waals surface area contributed by atoms with E-state index in [1.54, 1.807) is 13.4 Å². The Hall–Kier alpha value is -1.20. The van der Waals surface area contributed by atoms with Crippen molar-refractivity contribution in [2.24, 2.45) is 0 Å². The quantitative estimate of drug-likeness (QED) is 0.898. The summed E-state index contributed by atoms with van der Waals surface area (Å²) in [6.07, 6.45) is 2.66. The van der Waals surface area contributed by atoms with Crippen LogP contribution in [-0.4, -0.2) is 48.7 Å². The fourth-order valence-corrected chi connectivity index (χ4v) is 2.69. The molecule has 1 aliphatic heterocycles. The maximum atomic E-state index is 5.48. The molecule has 0 spiro atoms. The van der Waals surface area contributed by atoms with Gasteiger partial charge in [0.05, 0.1) is 18.4 Å². The van der Waals surface area contributed by atoms with Gasteiger partial charge >= 0.3 is 0 Å². The molecule has 1 saturated heterocycles. The zero-order valence-corrected chi connectivity index (χ0v) is 12.3. The van der Waals surface area contributed by atoms with Crippen LogP contribution in [0, 0.1) is 0 Å². The molecular formula is C14H24N4O. The Kier molecular flexibility index (Phi) is 4.71. The number of methoxy groups -OCH3 is 1. The summed E-state index contributed by atoms with van der Waals surface area (Å²) in [4.78, 5) is 11.2. The Morgan fingerprint density at radius 3 is 2.84 bits per heavy atom. The van der Waals surface area contributed by atoms with E-state index in [4.69, 9.17) is 4.74 Å². The van der Waals surface area contributed by atoms with Crippen molar-refractivity contribution in [3.63, 3.8) is 0 Å². The van der Waals surface area contributed by atoms with Gasteiger partial charge in [0, 0.05) is 19.1 Å². The van der Waals surface area contributed by atoms with E-state index in [1.807, 2.05) is 0 Å². The van der Waals surface area contributed by atoms with Crippen molar-refractivity contribution in [2.45, 2.75) is 32.2 Å².